The van der Waals surface area contributed by atoms with Gasteiger partial charge in [-0.2, -0.15) is 0 Å². The van der Waals surface area contributed by atoms with Crippen molar-refractivity contribution in [2.45, 2.75) is 0 Å². The fourth-order valence-electron chi connectivity index (χ4n) is 6.79. The number of hydrogen-bond acceptors (Lipinski definition) is 5. The molecule has 0 aliphatic carbocycles. The van der Waals surface area contributed by atoms with E-state index in [4.69, 9.17) is 19.4 Å². The van der Waals surface area contributed by atoms with Crippen LogP contribution in [-0.4, -0.2) is 19.5 Å². The molecule has 210 valence electrons. The number of hydrogen-bond donors (Lipinski definition) is 0. The SMILES string of the molecule is c1ccc(-c2nc(N3c4ccc5ccccc5c4-c4ccccc4-n4c3nc3ccccc34)nc3c2oc2ccccc23)cc1. The maximum Gasteiger partial charge on any atom is 0.238 e. The second kappa shape index (κ2) is 9.11. The Morgan fingerprint density at radius 3 is 2.24 bits per heavy atom. The minimum atomic E-state index is 0.522. The van der Waals surface area contributed by atoms with Crippen LogP contribution in [0.25, 0.3) is 71.9 Å². The Hall–Kier alpha value is -6.27. The lowest BCUT2D eigenvalue weighted by Gasteiger charge is -2.23. The first-order valence-electron chi connectivity index (χ1n) is 15.0. The lowest BCUT2D eigenvalue weighted by Crippen LogP contribution is -2.17. The van der Waals surface area contributed by atoms with Gasteiger partial charge in [-0.25, -0.2) is 19.9 Å². The lowest BCUT2D eigenvalue weighted by molar-refractivity contribution is 0.667. The third-order valence-electron chi connectivity index (χ3n) is 8.76. The van der Waals surface area contributed by atoms with Crippen LogP contribution in [0.1, 0.15) is 0 Å². The van der Waals surface area contributed by atoms with Gasteiger partial charge in [0.05, 0.1) is 22.4 Å². The van der Waals surface area contributed by atoms with Crippen molar-refractivity contribution >= 4 is 61.5 Å². The Balaban J connectivity index is 1.39. The molecule has 6 heteroatoms. The van der Waals surface area contributed by atoms with E-state index >= 15 is 0 Å². The van der Waals surface area contributed by atoms with Gasteiger partial charge in [-0.3, -0.25) is 4.57 Å². The van der Waals surface area contributed by atoms with Crippen molar-refractivity contribution in [3.63, 3.8) is 0 Å². The summed E-state index contributed by atoms with van der Waals surface area (Å²) in [5, 5.41) is 3.26. The average molecular weight is 578 g/mol. The maximum atomic E-state index is 6.44. The van der Waals surface area contributed by atoms with Crippen LogP contribution in [0.2, 0.25) is 0 Å². The molecule has 0 atom stereocenters. The van der Waals surface area contributed by atoms with Crippen molar-refractivity contribution in [2.24, 2.45) is 0 Å². The van der Waals surface area contributed by atoms with Gasteiger partial charge in [0, 0.05) is 22.1 Å². The predicted molar refractivity (Wildman–Crippen MR) is 181 cm³/mol. The molecule has 0 saturated heterocycles. The number of rotatable bonds is 2. The van der Waals surface area contributed by atoms with Crippen molar-refractivity contribution in [1.29, 1.82) is 0 Å². The Kier molecular flexibility index (Phi) is 4.90. The van der Waals surface area contributed by atoms with Gasteiger partial charge < -0.3 is 4.42 Å². The second-order valence-corrected chi connectivity index (χ2v) is 11.3. The summed E-state index contributed by atoms with van der Waals surface area (Å²) in [6.45, 7) is 0. The molecule has 45 heavy (non-hydrogen) atoms. The number of fused-ring (bicyclic) bond motifs is 12. The van der Waals surface area contributed by atoms with E-state index in [1.54, 1.807) is 0 Å². The molecule has 1 aliphatic heterocycles. The number of imidazole rings is 1. The average Bonchev–Trinajstić information content (AvgIpc) is 3.64. The highest BCUT2D eigenvalue weighted by Crippen LogP contribution is 2.50. The molecule has 6 nitrogen and oxygen atoms in total. The molecule has 0 amide bonds. The molecule has 0 unspecified atom stereocenters. The molecule has 3 aromatic heterocycles. The maximum absolute atomic E-state index is 6.44. The van der Waals surface area contributed by atoms with Crippen molar-refractivity contribution in [3.8, 4) is 28.1 Å². The van der Waals surface area contributed by atoms with Crippen LogP contribution in [0.5, 0.6) is 0 Å². The van der Waals surface area contributed by atoms with E-state index in [2.05, 4.69) is 107 Å². The number of nitrogens with zero attached hydrogens (tertiary/aromatic N) is 5. The minimum absolute atomic E-state index is 0.522. The molecular formula is C39H23N5O. The first kappa shape index (κ1) is 24.2. The molecule has 10 rings (SSSR count). The fourth-order valence-corrected chi connectivity index (χ4v) is 6.79. The van der Waals surface area contributed by atoms with Gasteiger partial charge in [-0.1, -0.05) is 103 Å². The molecule has 9 aromatic rings. The first-order chi connectivity index (χ1) is 22.3. The molecule has 0 spiro atoms. The number of aromatic nitrogens is 4. The van der Waals surface area contributed by atoms with Crippen LogP contribution < -0.4 is 4.90 Å². The van der Waals surface area contributed by atoms with Crippen LogP contribution in [0.3, 0.4) is 0 Å². The molecule has 0 N–H and O–H groups in total. The predicted octanol–water partition coefficient (Wildman–Crippen LogP) is 9.99. The zero-order valence-corrected chi connectivity index (χ0v) is 23.9. The van der Waals surface area contributed by atoms with Gasteiger partial charge >= 0.3 is 0 Å². The molecule has 0 fully saturated rings. The van der Waals surface area contributed by atoms with E-state index in [-0.39, 0.29) is 0 Å². The van der Waals surface area contributed by atoms with Crippen molar-refractivity contribution in [1.82, 2.24) is 19.5 Å². The van der Waals surface area contributed by atoms with E-state index in [9.17, 15) is 0 Å². The van der Waals surface area contributed by atoms with E-state index < -0.39 is 0 Å². The standard InChI is InChI=1S/C39H23N5O/c1-2-13-25(14-3-1)35-37-36(28-17-7-11-21-33(28)45-37)42-38(41-35)44-32-23-22-24-12-4-5-15-26(24)34(32)27-16-6-9-19-30(27)43-31-20-10-8-18-29(31)40-39(43)44/h1-23H. The molecule has 0 bridgehead atoms. The van der Waals surface area contributed by atoms with E-state index in [1.165, 1.54) is 0 Å². The summed E-state index contributed by atoms with van der Waals surface area (Å²) >= 11 is 0. The molecule has 1 aliphatic rings. The largest absolute Gasteiger partial charge is 0.452 e. The van der Waals surface area contributed by atoms with Crippen LogP contribution in [0.15, 0.2) is 144 Å². The van der Waals surface area contributed by atoms with Crippen molar-refractivity contribution in [3.05, 3.63) is 140 Å². The molecule has 6 aromatic carbocycles. The van der Waals surface area contributed by atoms with Crippen molar-refractivity contribution in [2.75, 3.05) is 4.90 Å². The summed E-state index contributed by atoms with van der Waals surface area (Å²) in [5.41, 5.74) is 10.1. The summed E-state index contributed by atoms with van der Waals surface area (Å²) in [4.78, 5) is 18.0. The number of furan rings is 1. The molecule has 4 heterocycles. The first-order valence-corrected chi connectivity index (χ1v) is 15.0. The highest BCUT2D eigenvalue weighted by molar-refractivity contribution is 6.10. The second-order valence-electron chi connectivity index (χ2n) is 11.3. The Labute approximate surface area is 257 Å². The van der Waals surface area contributed by atoms with Gasteiger partial charge in [-0.15, -0.1) is 0 Å². The molecule has 0 saturated carbocycles. The lowest BCUT2D eigenvalue weighted by atomic mass is 9.95. The summed E-state index contributed by atoms with van der Waals surface area (Å²) < 4.78 is 8.67. The molecular weight excluding hydrogens is 554 g/mol. The third-order valence-corrected chi connectivity index (χ3v) is 8.76. The minimum Gasteiger partial charge on any atom is -0.452 e. The fraction of sp³-hybridized carbons (Fsp3) is 0. The number of benzene rings is 6. The van der Waals surface area contributed by atoms with Gasteiger partial charge in [-0.05, 0) is 47.2 Å². The van der Waals surface area contributed by atoms with Gasteiger partial charge in [0.2, 0.25) is 11.9 Å². The zero-order valence-electron chi connectivity index (χ0n) is 23.9. The van der Waals surface area contributed by atoms with Crippen LogP contribution in [-0.2, 0) is 0 Å². The summed E-state index contributed by atoms with van der Waals surface area (Å²) in [7, 11) is 0. The molecule has 0 radical (unpaired) electrons. The summed E-state index contributed by atoms with van der Waals surface area (Å²) in [5.74, 6) is 1.25. The number of anilines is 3. The Morgan fingerprint density at radius 2 is 1.31 bits per heavy atom. The third kappa shape index (κ3) is 3.42. The zero-order chi connectivity index (χ0) is 29.5. The quantitative estimate of drug-likeness (QED) is 0.205. The van der Waals surface area contributed by atoms with Crippen LogP contribution in [0, 0.1) is 0 Å². The topological polar surface area (TPSA) is 60.0 Å². The van der Waals surface area contributed by atoms with Crippen LogP contribution >= 0.6 is 0 Å². The monoisotopic (exact) mass is 577 g/mol. The van der Waals surface area contributed by atoms with Gasteiger partial charge in [0.25, 0.3) is 0 Å². The van der Waals surface area contributed by atoms with E-state index in [0.717, 1.165) is 78.0 Å². The highest BCUT2D eigenvalue weighted by Gasteiger charge is 2.32. The number of para-hydroxylation sites is 4. The smallest absolute Gasteiger partial charge is 0.238 e. The van der Waals surface area contributed by atoms with E-state index in [1.807, 2.05) is 42.5 Å². The van der Waals surface area contributed by atoms with Crippen molar-refractivity contribution < 1.29 is 4.42 Å². The van der Waals surface area contributed by atoms with Gasteiger partial charge in [0.1, 0.15) is 16.8 Å². The van der Waals surface area contributed by atoms with E-state index in [0.29, 0.717) is 11.5 Å². The van der Waals surface area contributed by atoms with Crippen LogP contribution in [0.4, 0.5) is 17.6 Å². The van der Waals surface area contributed by atoms with Gasteiger partial charge in [0.15, 0.2) is 5.58 Å². The highest BCUT2D eigenvalue weighted by atomic mass is 16.3. The summed E-state index contributed by atoms with van der Waals surface area (Å²) in [6, 6.07) is 47.9. The Morgan fingerprint density at radius 1 is 0.556 bits per heavy atom. The summed E-state index contributed by atoms with van der Waals surface area (Å²) in [6.07, 6.45) is 0. The Bertz CT molecular complexity index is 2620. The normalized spacial score (nSPS) is 12.4.